The van der Waals surface area contributed by atoms with Gasteiger partial charge in [0.1, 0.15) is 17.6 Å². The number of carbonyl (C=O) groups excluding carboxylic acids is 4. The van der Waals surface area contributed by atoms with Crippen molar-refractivity contribution in [1.82, 2.24) is 104 Å². The number of benzene rings is 4. The van der Waals surface area contributed by atoms with Gasteiger partial charge in [0.05, 0.1) is 55.5 Å². The van der Waals surface area contributed by atoms with Gasteiger partial charge >= 0.3 is 0 Å². The van der Waals surface area contributed by atoms with Crippen molar-refractivity contribution in [3.63, 3.8) is 0 Å². The van der Waals surface area contributed by atoms with Crippen LogP contribution in [0.15, 0.2) is 244 Å². The highest BCUT2D eigenvalue weighted by Crippen LogP contribution is 2.34. The van der Waals surface area contributed by atoms with Crippen LogP contribution in [0, 0.1) is 0 Å². The van der Waals surface area contributed by atoms with Gasteiger partial charge in [-0.25, -0.2) is 24.9 Å². The Morgan fingerprint density at radius 2 is 0.746 bits per heavy atom. The van der Waals surface area contributed by atoms with Gasteiger partial charge in [-0.2, -0.15) is 20.4 Å². The fourth-order valence-electron chi connectivity index (χ4n) is 16.7. The van der Waals surface area contributed by atoms with Gasteiger partial charge < -0.3 is 29.2 Å². The summed E-state index contributed by atoms with van der Waals surface area (Å²) >= 11 is 1.80. The normalized spacial score (nSPS) is 14.9. The minimum Gasteiger partial charge on any atom is -0.472 e. The molecule has 16 heterocycles. The van der Waals surface area contributed by atoms with Crippen molar-refractivity contribution in [2.24, 2.45) is 28.2 Å². The Kier molecular flexibility index (Phi) is 27.3. The number of anilines is 2. The molecule has 0 bridgehead atoms. The second-order valence-electron chi connectivity index (χ2n) is 34.4. The van der Waals surface area contributed by atoms with Crippen molar-refractivity contribution in [3.8, 4) is 50.4 Å². The number of carbonyl (C=O) groups is 4. The summed E-state index contributed by atoms with van der Waals surface area (Å²) in [5.41, 5.74) is 14.0. The molecule has 0 unspecified atom stereocenters. The molecular formula is C101H105N23O5S. The van der Waals surface area contributed by atoms with E-state index in [1.807, 2.05) is 164 Å². The highest BCUT2D eigenvalue weighted by Gasteiger charge is 2.28. The second-order valence-corrected chi connectivity index (χ2v) is 35.7. The number of aromatic nitrogens is 17. The van der Waals surface area contributed by atoms with Gasteiger partial charge in [-0.15, -0.1) is 11.8 Å². The molecule has 0 N–H and O–H groups in total. The number of pyridine rings is 7. The largest absolute Gasteiger partial charge is 0.472 e. The summed E-state index contributed by atoms with van der Waals surface area (Å²) in [6.07, 6.45) is 35.1. The van der Waals surface area contributed by atoms with Crippen molar-refractivity contribution in [3.05, 3.63) is 284 Å². The van der Waals surface area contributed by atoms with E-state index in [0.717, 1.165) is 212 Å². The molecule has 0 radical (unpaired) electrons. The first-order chi connectivity index (χ1) is 63.1. The van der Waals surface area contributed by atoms with Crippen molar-refractivity contribution in [2.75, 3.05) is 110 Å². The smallest absolute Gasteiger partial charge is 0.226 e. The molecule has 130 heavy (non-hydrogen) atoms. The molecule has 4 fully saturated rings. The third-order valence-corrected chi connectivity index (χ3v) is 25.7. The maximum absolute atomic E-state index is 13.1. The number of nitrogens with zero attached hydrogens (tertiary/aromatic N) is 23. The number of hydrogen-bond donors (Lipinski definition) is 0. The van der Waals surface area contributed by atoms with Gasteiger partial charge in [0.15, 0.2) is 23.1 Å². The summed E-state index contributed by atoms with van der Waals surface area (Å²) in [5.74, 6) is 2.03. The van der Waals surface area contributed by atoms with E-state index in [9.17, 15) is 19.2 Å². The number of aryl methyl sites for hydroxylation is 4. The zero-order valence-electron chi connectivity index (χ0n) is 74.7. The lowest BCUT2D eigenvalue weighted by Gasteiger charge is -2.35. The van der Waals surface area contributed by atoms with E-state index < -0.39 is 0 Å². The molecule has 660 valence electrons. The van der Waals surface area contributed by atoms with E-state index in [4.69, 9.17) is 4.74 Å². The summed E-state index contributed by atoms with van der Waals surface area (Å²) in [6, 6.07) is 46.0. The first kappa shape index (κ1) is 88.2. The number of ether oxygens (including phenoxy) is 1. The molecule has 0 saturated carbocycles. The fraction of sp³-hybridized carbons (Fsp3) is 0.297. The zero-order valence-corrected chi connectivity index (χ0v) is 75.5. The molecule has 4 saturated heterocycles. The summed E-state index contributed by atoms with van der Waals surface area (Å²) < 4.78 is 13.0. The lowest BCUT2D eigenvalue weighted by molar-refractivity contribution is 0.0355. The van der Waals surface area contributed by atoms with E-state index in [-0.39, 0.29) is 54.9 Å². The standard InChI is InChI=1S/C27H30N6O.C26H27N5OS.C24H25N7O.C24H23N5O2/c1-31-10-7-25(8-11-31)33(3)27-14-20(6-9-28-27)26(34)15-24-13-22-12-19(4-5-21(22)16-29-24)23-17-30-32(2)18-23;1-30-9-6-24(7-10-30)33-26-13-19(5-8-27-26)25(32)14-23-12-21-11-18(3-4-20(21)15-28-23)22-16-29-31(2)17-22;1-29-7-9-31(10-8-29)24-25-6-5-22(28-24)23(32)13-21-12-19-11-17(3-4-18(19)14-26-21)20-15-27-30(2)16-20;1-28-14-22(15-28)31-24-9-17(5-6-25-24)23(30)10-21-8-19-7-16(3-4-18(19)11-26-21)20-12-27-29(2)13-20/h4-6,9,12-14,16-18,25H,7-8,10-11,15H2,1-3H3;3-5,8,11-13,15-17,24H,6-7,9-10,14H2,1-2H3;3-6,11-12,14-16H,7-10,13H2,1-2H3;3-9,11-13,22H,10,14-15H2,1-2H3. The Morgan fingerprint density at radius 1 is 0.362 bits per heavy atom. The summed E-state index contributed by atoms with van der Waals surface area (Å²) in [7, 11) is 18.2. The minimum atomic E-state index is -0.0574. The quantitative estimate of drug-likeness (QED) is 0.0538. The van der Waals surface area contributed by atoms with Gasteiger partial charge in [-0.1, -0.05) is 48.5 Å². The van der Waals surface area contributed by atoms with Crippen LogP contribution in [0.2, 0.25) is 0 Å². The van der Waals surface area contributed by atoms with Crippen molar-refractivity contribution in [2.45, 2.75) is 73.8 Å². The van der Waals surface area contributed by atoms with Crippen LogP contribution in [0.1, 0.15) is 90.0 Å². The Balaban J connectivity index is 0.000000122. The number of ketones is 4. The maximum atomic E-state index is 13.1. The highest BCUT2D eigenvalue weighted by molar-refractivity contribution is 7.99. The van der Waals surface area contributed by atoms with E-state index in [0.29, 0.717) is 45.5 Å². The van der Waals surface area contributed by atoms with Crippen LogP contribution in [-0.4, -0.2) is 245 Å². The molecule has 4 aliphatic heterocycles. The van der Waals surface area contributed by atoms with Crippen LogP contribution >= 0.6 is 11.8 Å². The number of likely N-dealkylation sites (N-methyl/N-ethyl adjacent to an activating group) is 2. The van der Waals surface area contributed by atoms with Crippen molar-refractivity contribution < 1.29 is 23.9 Å². The Morgan fingerprint density at radius 3 is 1.17 bits per heavy atom. The van der Waals surface area contributed by atoms with E-state index in [1.54, 1.807) is 79.5 Å². The van der Waals surface area contributed by atoms with Gasteiger partial charge in [0.2, 0.25) is 11.8 Å². The van der Waals surface area contributed by atoms with Crippen LogP contribution < -0.4 is 14.5 Å². The predicted molar refractivity (Wildman–Crippen MR) is 510 cm³/mol. The number of piperazine rings is 1. The molecule has 20 rings (SSSR count). The number of hydrogen-bond acceptors (Lipinski definition) is 25. The molecular weight excluding hydrogens is 1650 g/mol. The summed E-state index contributed by atoms with van der Waals surface area (Å²) in [4.78, 5) is 106. The molecule has 0 spiro atoms. The fourth-order valence-corrected chi connectivity index (χ4v) is 17.8. The first-order valence-corrected chi connectivity index (χ1v) is 44.9. The van der Waals surface area contributed by atoms with E-state index >= 15 is 0 Å². The molecule has 4 aliphatic rings. The average molecular weight is 1750 g/mol. The van der Waals surface area contributed by atoms with Crippen LogP contribution in [0.4, 0.5) is 11.8 Å². The number of thioether (sulfide) groups is 1. The second kappa shape index (κ2) is 40.2. The summed E-state index contributed by atoms with van der Waals surface area (Å²) in [6.45, 7) is 9.81. The van der Waals surface area contributed by atoms with Crippen LogP contribution in [-0.2, 0) is 53.9 Å². The summed E-state index contributed by atoms with van der Waals surface area (Å²) in [5, 5.41) is 26.9. The number of Topliss-reactive ketones (excluding diaryl/α,β-unsaturated/α-hetero) is 4. The van der Waals surface area contributed by atoms with Gasteiger partial charge in [-0.3, -0.25) is 62.7 Å². The van der Waals surface area contributed by atoms with Crippen LogP contribution in [0.3, 0.4) is 0 Å². The van der Waals surface area contributed by atoms with Crippen molar-refractivity contribution in [1.29, 1.82) is 0 Å². The van der Waals surface area contributed by atoms with Gasteiger partial charge in [0, 0.05) is 249 Å². The van der Waals surface area contributed by atoms with Crippen LogP contribution in [0.5, 0.6) is 5.88 Å². The number of rotatable bonds is 23. The predicted octanol–water partition coefficient (Wildman–Crippen LogP) is 14.4. The molecule has 12 aromatic heterocycles. The first-order valence-electron chi connectivity index (χ1n) is 44.0. The monoisotopic (exact) mass is 1750 g/mol. The number of likely N-dealkylation sites (tertiary alicyclic amines) is 3. The van der Waals surface area contributed by atoms with E-state index in [1.165, 1.54) is 0 Å². The van der Waals surface area contributed by atoms with Gasteiger partial charge in [0.25, 0.3) is 0 Å². The molecule has 0 amide bonds. The highest BCUT2D eigenvalue weighted by atomic mass is 32.2. The SMILES string of the molecule is CN1CC(Oc2cc(C(=O)Cc3cc4cc(-c5cnn(C)c5)ccc4cn3)ccn2)C1.CN1CCC(N(C)c2cc(C(=O)Cc3cc4cc(-c5cnn(C)c5)ccc4cn3)ccn2)CC1.CN1CCC(Sc2cc(C(=O)Cc3cc4cc(-c5cnn(C)c5)ccc4cn3)ccn2)CC1.CN1CCN(c2nccc(C(=O)Cc3cc4cc(-c5cnn(C)c5)ccc4cn3)n2)CC1. The zero-order chi connectivity index (χ0) is 89.9. The molecule has 16 aromatic rings. The Bertz CT molecular complexity index is 6760. The van der Waals surface area contributed by atoms with Gasteiger partial charge in [-0.05, 0) is 209 Å². The van der Waals surface area contributed by atoms with E-state index in [2.05, 4.69) is 184 Å². The number of piperidine rings is 2. The maximum Gasteiger partial charge on any atom is 0.226 e. The number of fused-ring (bicyclic) bond motifs is 4. The molecule has 29 heteroatoms. The Hall–Kier alpha value is -13.8. The lowest BCUT2D eigenvalue weighted by Crippen LogP contribution is -2.51. The van der Waals surface area contributed by atoms with Crippen molar-refractivity contribution >= 4 is 89.8 Å². The average Bonchev–Trinajstić information content (AvgIpc) is 1.23. The topological polar surface area (TPSA) is 284 Å². The molecule has 0 atom stereocenters. The molecule has 28 nitrogen and oxygen atoms in total. The Labute approximate surface area is 759 Å². The molecule has 4 aromatic carbocycles. The minimum absolute atomic E-state index is 0.00626. The van der Waals surface area contributed by atoms with Crippen LogP contribution in [0.25, 0.3) is 87.6 Å². The lowest BCUT2D eigenvalue weighted by atomic mass is 10.0. The third kappa shape index (κ3) is 22.3. The third-order valence-electron chi connectivity index (χ3n) is 24.4. The molecule has 0 aliphatic carbocycles.